The summed E-state index contributed by atoms with van der Waals surface area (Å²) in [6.45, 7) is 0.593. The van der Waals surface area contributed by atoms with Crippen LogP contribution in [0.3, 0.4) is 0 Å². The van der Waals surface area contributed by atoms with Gasteiger partial charge < -0.3 is 0 Å². The summed E-state index contributed by atoms with van der Waals surface area (Å²) in [4.78, 5) is 19.5. The van der Waals surface area contributed by atoms with Crippen LogP contribution >= 0.6 is 11.3 Å². The van der Waals surface area contributed by atoms with Gasteiger partial charge in [-0.25, -0.2) is 17.8 Å². The van der Waals surface area contributed by atoms with E-state index in [0.717, 1.165) is 11.8 Å². The first kappa shape index (κ1) is 19.9. The maximum atomic E-state index is 13.6. The summed E-state index contributed by atoms with van der Waals surface area (Å²) in [5.74, 6) is -0.677. The van der Waals surface area contributed by atoms with E-state index in [-0.39, 0.29) is 18.3 Å². The maximum Gasteiger partial charge on any atom is 0.247 e. The van der Waals surface area contributed by atoms with Crippen molar-refractivity contribution in [2.24, 2.45) is 0 Å². The van der Waals surface area contributed by atoms with Crippen molar-refractivity contribution in [2.75, 3.05) is 17.7 Å². The first-order chi connectivity index (χ1) is 13.8. The molecule has 2 aromatic carbocycles. The van der Waals surface area contributed by atoms with Gasteiger partial charge in [0, 0.05) is 6.54 Å². The monoisotopic (exact) mass is 433 g/mol. The molecule has 29 heavy (non-hydrogen) atoms. The molecule has 1 aromatic heterocycles. The zero-order chi connectivity index (χ0) is 20.6. The smallest absolute Gasteiger partial charge is 0.247 e. The average molecular weight is 434 g/mol. The van der Waals surface area contributed by atoms with Gasteiger partial charge in [-0.15, -0.1) is 0 Å². The highest BCUT2D eigenvalue weighted by Gasteiger charge is 2.39. The molecule has 1 atom stereocenters. The predicted octanol–water partition coefficient (Wildman–Crippen LogP) is 3.39. The molecule has 0 bridgehead atoms. The Morgan fingerprint density at radius 3 is 2.76 bits per heavy atom. The number of benzene rings is 2. The first-order valence-electron chi connectivity index (χ1n) is 9.21. The lowest BCUT2D eigenvalue weighted by Gasteiger charge is -2.27. The van der Waals surface area contributed by atoms with Crippen LogP contribution in [0.4, 0.5) is 9.52 Å². The summed E-state index contributed by atoms with van der Waals surface area (Å²) in [6, 6.07) is 13.0. The predicted molar refractivity (Wildman–Crippen MR) is 112 cm³/mol. The molecule has 1 amide bonds. The van der Waals surface area contributed by atoms with E-state index in [9.17, 15) is 17.6 Å². The fraction of sp³-hybridized carbons (Fsp3) is 0.300. The Morgan fingerprint density at radius 1 is 1.28 bits per heavy atom. The zero-order valence-electron chi connectivity index (χ0n) is 15.8. The number of hydrogen-bond acceptors (Lipinski definition) is 5. The van der Waals surface area contributed by atoms with Gasteiger partial charge >= 0.3 is 0 Å². The van der Waals surface area contributed by atoms with Crippen molar-refractivity contribution in [1.82, 2.24) is 9.29 Å². The van der Waals surface area contributed by atoms with Crippen molar-refractivity contribution in [1.29, 1.82) is 0 Å². The Hall–Kier alpha value is -2.36. The van der Waals surface area contributed by atoms with Gasteiger partial charge in [-0.2, -0.15) is 4.31 Å². The van der Waals surface area contributed by atoms with Crippen LogP contribution in [0.2, 0.25) is 0 Å². The van der Waals surface area contributed by atoms with Crippen LogP contribution in [-0.4, -0.2) is 42.5 Å². The Balaban J connectivity index is 1.74. The summed E-state index contributed by atoms with van der Waals surface area (Å²) in [7, 11) is -3.50. The normalized spacial score (nSPS) is 17.7. The van der Waals surface area contributed by atoms with Crippen LogP contribution in [0.15, 0.2) is 48.5 Å². The molecule has 1 unspecified atom stereocenters. The van der Waals surface area contributed by atoms with E-state index in [2.05, 4.69) is 4.98 Å². The molecule has 0 radical (unpaired) electrons. The van der Waals surface area contributed by atoms with Crippen LogP contribution in [0, 0.1) is 5.82 Å². The van der Waals surface area contributed by atoms with Gasteiger partial charge in [0.25, 0.3) is 0 Å². The fourth-order valence-electron chi connectivity index (χ4n) is 3.57. The highest BCUT2D eigenvalue weighted by Crippen LogP contribution is 2.32. The number of carbonyl (C=O) groups is 1. The number of amides is 1. The first-order valence-corrected chi connectivity index (χ1v) is 11.9. The maximum absolute atomic E-state index is 13.6. The molecule has 0 N–H and O–H groups in total. The molecule has 0 saturated carbocycles. The number of carbonyl (C=O) groups excluding carboxylic acids is 1. The summed E-state index contributed by atoms with van der Waals surface area (Å²) >= 11 is 1.22. The molecular weight excluding hydrogens is 413 g/mol. The van der Waals surface area contributed by atoms with E-state index < -0.39 is 16.1 Å². The van der Waals surface area contributed by atoms with Crippen LogP contribution in [0.5, 0.6) is 0 Å². The highest BCUT2D eigenvalue weighted by atomic mass is 32.2. The summed E-state index contributed by atoms with van der Waals surface area (Å²) in [5, 5.41) is 0.430. The van der Waals surface area contributed by atoms with Gasteiger partial charge in [0.15, 0.2) is 5.13 Å². The quantitative estimate of drug-likeness (QED) is 0.618. The van der Waals surface area contributed by atoms with E-state index in [1.807, 2.05) is 30.3 Å². The van der Waals surface area contributed by atoms with Crippen molar-refractivity contribution >= 4 is 42.6 Å². The average Bonchev–Trinajstić information content (AvgIpc) is 3.33. The molecule has 4 rings (SSSR count). The third-order valence-electron chi connectivity index (χ3n) is 4.93. The van der Waals surface area contributed by atoms with Crippen molar-refractivity contribution in [3.05, 3.63) is 59.9 Å². The Bertz CT molecular complexity index is 1150. The zero-order valence-corrected chi connectivity index (χ0v) is 17.4. The third kappa shape index (κ3) is 4.17. The Kier molecular flexibility index (Phi) is 5.37. The number of sulfonamides is 1. The van der Waals surface area contributed by atoms with Crippen LogP contribution in [0.25, 0.3) is 10.2 Å². The highest BCUT2D eigenvalue weighted by molar-refractivity contribution is 7.88. The molecule has 9 heteroatoms. The molecule has 1 aliphatic rings. The fourth-order valence-corrected chi connectivity index (χ4v) is 5.69. The van der Waals surface area contributed by atoms with Crippen molar-refractivity contribution in [2.45, 2.75) is 25.4 Å². The van der Waals surface area contributed by atoms with Gasteiger partial charge in [0.2, 0.25) is 15.9 Å². The topological polar surface area (TPSA) is 70.6 Å². The molecule has 3 aromatic rings. The molecule has 1 aliphatic heterocycles. The molecule has 0 spiro atoms. The van der Waals surface area contributed by atoms with Crippen LogP contribution < -0.4 is 4.90 Å². The van der Waals surface area contributed by atoms with E-state index in [1.54, 1.807) is 6.07 Å². The second kappa shape index (κ2) is 7.81. The van der Waals surface area contributed by atoms with Crippen molar-refractivity contribution < 1.29 is 17.6 Å². The SMILES string of the molecule is CS(=O)(=O)N1CCCC1C(=O)N(Cc1ccccc1)c1nc2ccc(F)cc2s1. The van der Waals surface area contributed by atoms with Gasteiger partial charge in [-0.05, 0) is 36.6 Å². The second-order valence-corrected chi connectivity index (χ2v) is 9.99. The largest absolute Gasteiger partial charge is 0.282 e. The number of thiazole rings is 1. The van der Waals surface area contributed by atoms with Crippen LogP contribution in [0.1, 0.15) is 18.4 Å². The lowest BCUT2D eigenvalue weighted by molar-refractivity contribution is -0.121. The number of halogens is 1. The van der Waals surface area contributed by atoms with Crippen molar-refractivity contribution in [3.8, 4) is 0 Å². The second-order valence-electron chi connectivity index (χ2n) is 7.05. The van der Waals surface area contributed by atoms with E-state index >= 15 is 0 Å². The number of rotatable bonds is 5. The number of anilines is 1. The minimum Gasteiger partial charge on any atom is -0.282 e. The summed E-state index contributed by atoms with van der Waals surface area (Å²) < 4.78 is 39.8. The summed E-state index contributed by atoms with van der Waals surface area (Å²) in [6.07, 6.45) is 2.23. The van der Waals surface area contributed by atoms with Gasteiger partial charge in [-0.1, -0.05) is 41.7 Å². The van der Waals surface area contributed by atoms with Crippen molar-refractivity contribution in [3.63, 3.8) is 0 Å². The molecule has 6 nitrogen and oxygen atoms in total. The summed E-state index contributed by atoms with van der Waals surface area (Å²) in [5.41, 5.74) is 1.50. The van der Waals surface area contributed by atoms with E-state index in [1.165, 1.54) is 32.7 Å². The van der Waals surface area contributed by atoms with E-state index in [4.69, 9.17) is 0 Å². The molecule has 1 fully saturated rings. The molecule has 2 heterocycles. The van der Waals surface area contributed by atoms with Gasteiger partial charge in [0.05, 0.1) is 23.0 Å². The molecule has 152 valence electrons. The van der Waals surface area contributed by atoms with Gasteiger partial charge in [-0.3, -0.25) is 9.69 Å². The van der Waals surface area contributed by atoms with E-state index in [0.29, 0.717) is 34.7 Å². The Labute approximate surface area is 172 Å². The minimum atomic E-state index is -3.50. The lowest BCUT2D eigenvalue weighted by Crippen LogP contribution is -2.47. The van der Waals surface area contributed by atoms with Crippen LogP contribution in [-0.2, 0) is 21.4 Å². The minimum absolute atomic E-state index is 0.260. The lowest BCUT2D eigenvalue weighted by atomic mass is 10.1. The molecular formula is C20H20FN3O3S2. The number of aromatic nitrogens is 1. The number of hydrogen-bond donors (Lipinski definition) is 0. The van der Waals surface area contributed by atoms with Gasteiger partial charge in [0.1, 0.15) is 11.9 Å². The Morgan fingerprint density at radius 2 is 2.03 bits per heavy atom. The third-order valence-corrected chi connectivity index (χ3v) is 7.26. The number of fused-ring (bicyclic) bond motifs is 1. The molecule has 1 saturated heterocycles. The molecule has 0 aliphatic carbocycles. The number of nitrogens with zero attached hydrogens (tertiary/aromatic N) is 3. The standard InChI is InChI=1S/C20H20FN3O3S2/c1-29(26,27)24-11-5-8-17(24)19(25)23(13-14-6-3-2-4-7-14)20-22-16-10-9-15(21)12-18(16)28-20/h2-4,6-7,9-10,12,17H,5,8,11,13H2,1H3.